The van der Waals surface area contributed by atoms with Crippen molar-refractivity contribution in [2.75, 3.05) is 5.32 Å². The minimum atomic E-state index is -0.369. The van der Waals surface area contributed by atoms with Crippen molar-refractivity contribution < 1.29 is 9.21 Å². The van der Waals surface area contributed by atoms with E-state index in [4.69, 9.17) is 16.0 Å². The first-order valence-corrected chi connectivity index (χ1v) is 8.51. The molecule has 0 aliphatic rings. The molecule has 132 valence electrons. The highest BCUT2D eigenvalue weighted by Gasteiger charge is 2.09. The van der Waals surface area contributed by atoms with Gasteiger partial charge in [-0.1, -0.05) is 53.1 Å². The number of carbonyl (C=O) groups is 1. The summed E-state index contributed by atoms with van der Waals surface area (Å²) < 4.78 is 5.49. The first-order valence-electron chi connectivity index (χ1n) is 8.13. The number of nitrogens with zero attached hydrogens (tertiary/aromatic N) is 2. The molecule has 2 aromatic carbocycles. The van der Waals surface area contributed by atoms with Gasteiger partial charge in [-0.25, -0.2) is 0 Å². The number of rotatable bonds is 5. The van der Waals surface area contributed by atoms with Crippen LogP contribution in [0, 0.1) is 13.8 Å². The van der Waals surface area contributed by atoms with E-state index in [1.807, 2.05) is 24.3 Å². The Kier molecular flexibility index (Phi) is 5.49. The number of aryl methyl sites for hydroxylation is 2. The molecule has 0 saturated heterocycles. The van der Waals surface area contributed by atoms with E-state index in [2.05, 4.69) is 41.5 Å². The first-order chi connectivity index (χ1) is 12.5. The zero-order valence-corrected chi connectivity index (χ0v) is 15.2. The van der Waals surface area contributed by atoms with Crippen LogP contribution in [-0.4, -0.2) is 16.1 Å². The number of aromatic nitrogens is 2. The second-order valence-electron chi connectivity index (χ2n) is 5.94. The fourth-order valence-electron chi connectivity index (χ4n) is 2.39. The molecule has 1 aromatic heterocycles. The van der Waals surface area contributed by atoms with Crippen molar-refractivity contribution in [2.24, 2.45) is 0 Å². The van der Waals surface area contributed by atoms with Gasteiger partial charge < -0.3 is 4.42 Å². The van der Waals surface area contributed by atoms with Crippen molar-refractivity contribution in [1.82, 2.24) is 10.2 Å². The molecule has 0 unspecified atom stereocenters. The fourth-order valence-corrected chi connectivity index (χ4v) is 2.59. The van der Waals surface area contributed by atoms with Crippen molar-refractivity contribution >= 4 is 29.6 Å². The quantitative estimate of drug-likeness (QED) is 0.670. The van der Waals surface area contributed by atoms with E-state index < -0.39 is 0 Å². The van der Waals surface area contributed by atoms with E-state index >= 15 is 0 Å². The molecular weight excluding hydrogens is 350 g/mol. The number of halogens is 1. The lowest BCUT2D eigenvalue weighted by molar-refractivity contribution is -0.112. The topological polar surface area (TPSA) is 68.0 Å². The summed E-state index contributed by atoms with van der Waals surface area (Å²) in [6, 6.07) is 13.5. The molecule has 0 spiro atoms. The molecule has 0 aliphatic heterocycles. The number of nitrogens with one attached hydrogen (secondary N) is 1. The lowest BCUT2D eigenvalue weighted by Gasteiger charge is -2.02. The Hall–Kier alpha value is -2.92. The van der Waals surface area contributed by atoms with Crippen LogP contribution >= 0.6 is 11.6 Å². The van der Waals surface area contributed by atoms with Crippen LogP contribution in [0.25, 0.3) is 6.08 Å². The third-order valence-corrected chi connectivity index (χ3v) is 4.29. The van der Waals surface area contributed by atoms with E-state index in [0.29, 0.717) is 17.3 Å². The van der Waals surface area contributed by atoms with E-state index in [0.717, 1.165) is 11.1 Å². The number of anilines is 1. The maximum absolute atomic E-state index is 12.0. The monoisotopic (exact) mass is 367 g/mol. The molecule has 0 fully saturated rings. The molecule has 1 heterocycles. The van der Waals surface area contributed by atoms with E-state index in [-0.39, 0.29) is 11.9 Å². The van der Waals surface area contributed by atoms with Crippen LogP contribution < -0.4 is 5.32 Å². The van der Waals surface area contributed by atoms with Gasteiger partial charge >= 0.3 is 6.01 Å². The molecule has 1 N–H and O–H groups in total. The van der Waals surface area contributed by atoms with Gasteiger partial charge in [-0.3, -0.25) is 10.1 Å². The van der Waals surface area contributed by atoms with Crippen LogP contribution in [0.3, 0.4) is 0 Å². The van der Waals surface area contributed by atoms with Crippen LogP contribution in [0.2, 0.25) is 5.02 Å². The van der Waals surface area contributed by atoms with Gasteiger partial charge in [0.05, 0.1) is 6.42 Å². The molecule has 0 bridgehead atoms. The normalized spacial score (nSPS) is 11.0. The predicted octanol–water partition coefficient (Wildman–Crippen LogP) is 4.58. The highest BCUT2D eigenvalue weighted by Crippen LogP contribution is 2.17. The standard InChI is InChI=1S/C20H18ClN3O2/c1-13-7-8-15(11-14(13)2)12-19-23-24-20(26-19)22-18(25)10-9-16-5-3-4-6-17(16)21/h3-11H,12H2,1-2H3,(H,22,24,25). The van der Waals surface area contributed by atoms with Crippen molar-refractivity contribution in [2.45, 2.75) is 20.3 Å². The maximum Gasteiger partial charge on any atom is 0.322 e. The molecule has 0 aliphatic carbocycles. The SMILES string of the molecule is Cc1ccc(Cc2nnc(NC(=O)C=Cc3ccccc3Cl)o2)cc1C. The van der Waals surface area contributed by atoms with Gasteiger partial charge in [-0.05, 0) is 48.2 Å². The molecule has 0 atom stereocenters. The zero-order valence-electron chi connectivity index (χ0n) is 14.5. The summed E-state index contributed by atoms with van der Waals surface area (Å²) in [6.45, 7) is 4.12. The van der Waals surface area contributed by atoms with Gasteiger partial charge in [0, 0.05) is 11.1 Å². The number of benzene rings is 2. The molecule has 5 nitrogen and oxygen atoms in total. The number of hydrogen-bond donors (Lipinski definition) is 1. The molecule has 0 saturated carbocycles. The summed E-state index contributed by atoms with van der Waals surface area (Å²) in [5, 5.41) is 11.0. The molecule has 6 heteroatoms. The van der Waals surface area contributed by atoms with Crippen molar-refractivity contribution in [1.29, 1.82) is 0 Å². The van der Waals surface area contributed by atoms with Crippen LogP contribution in [0.15, 0.2) is 53.0 Å². The van der Waals surface area contributed by atoms with E-state index in [1.54, 1.807) is 12.1 Å². The summed E-state index contributed by atoms with van der Waals surface area (Å²) in [5.74, 6) is 0.0740. The Balaban J connectivity index is 1.62. The lowest BCUT2D eigenvalue weighted by Crippen LogP contribution is -2.07. The Morgan fingerprint density at radius 1 is 1.15 bits per heavy atom. The van der Waals surface area contributed by atoms with Gasteiger partial charge in [0.25, 0.3) is 5.91 Å². The van der Waals surface area contributed by atoms with E-state index in [1.165, 1.54) is 17.2 Å². The van der Waals surface area contributed by atoms with Crippen LogP contribution in [-0.2, 0) is 11.2 Å². The number of hydrogen-bond acceptors (Lipinski definition) is 4. The van der Waals surface area contributed by atoms with Gasteiger partial charge in [0.2, 0.25) is 5.89 Å². The second kappa shape index (κ2) is 7.97. The molecular formula is C20H18ClN3O2. The molecule has 3 aromatic rings. The Bertz CT molecular complexity index is 963. The van der Waals surface area contributed by atoms with E-state index in [9.17, 15) is 4.79 Å². The summed E-state index contributed by atoms with van der Waals surface area (Å²) in [7, 11) is 0. The van der Waals surface area contributed by atoms with Gasteiger partial charge in [-0.2, -0.15) is 0 Å². The van der Waals surface area contributed by atoms with Crippen molar-refractivity contribution in [3.05, 3.63) is 81.7 Å². The number of carbonyl (C=O) groups excluding carboxylic acids is 1. The highest BCUT2D eigenvalue weighted by atomic mass is 35.5. The van der Waals surface area contributed by atoms with Crippen LogP contribution in [0.5, 0.6) is 0 Å². The average Bonchev–Trinajstić information content (AvgIpc) is 3.04. The van der Waals surface area contributed by atoms with Gasteiger partial charge in [0.1, 0.15) is 0 Å². The molecule has 0 radical (unpaired) electrons. The second-order valence-corrected chi connectivity index (χ2v) is 6.35. The summed E-state index contributed by atoms with van der Waals surface area (Å²) >= 11 is 6.05. The smallest absolute Gasteiger partial charge is 0.322 e. The van der Waals surface area contributed by atoms with Crippen LogP contribution in [0.1, 0.15) is 28.1 Å². The maximum atomic E-state index is 12.0. The minimum absolute atomic E-state index is 0.0673. The first kappa shape index (κ1) is 17.9. The lowest BCUT2D eigenvalue weighted by atomic mass is 10.0. The predicted molar refractivity (Wildman–Crippen MR) is 102 cm³/mol. The zero-order chi connectivity index (χ0) is 18.5. The third-order valence-electron chi connectivity index (χ3n) is 3.94. The highest BCUT2D eigenvalue weighted by molar-refractivity contribution is 6.32. The Morgan fingerprint density at radius 3 is 2.73 bits per heavy atom. The summed E-state index contributed by atoms with van der Waals surface area (Å²) in [6.07, 6.45) is 3.51. The molecule has 3 rings (SSSR count). The van der Waals surface area contributed by atoms with Crippen molar-refractivity contribution in [3.8, 4) is 0 Å². The van der Waals surface area contributed by atoms with Crippen LogP contribution in [0.4, 0.5) is 6.01 Å². The van der Waals surface area contributed by atoms with Gasteiger partial charge in [-0.15, -0.1) is 5.10 Å². The van der Waals surface area contributed by atoms with Crippen molar-refractivity contribution in [3.63, 3.8) is 0 Å². The fraction of sp³-hybridized carbons (Fsp3) is 0.150. The molecule has 1 amide bonds. The average molecular weight is 368 g/mol. The van der Waals surface area contributed by atoms with Gasteiger partial charge in [0.15, 0.2) is 0 Å². The largest absolute Gasteiger partial charge is 0.407 e. The Morgan fingerprint density at radius 2 is 1.96 bits per heavy atom. The summed E-state index contributed by atoms with van der Waals surface area (Å²) in [4.78, 5) is 12.0. The summed E-state index contributed by atoms with van der Waals surface area (Å²) in [5.41, 5.74) is 4.27. The molecule has 26 heavy (non-hydrogen) atoms. The third kappa shape index (κ3) is 4.58. The Labute approximate surface area is 156 Å². The number of amides is 1. The minimum Gasteiger partial charge on any atom is -0.407 e.